The normalized spacial score (nSPS) is 10.6. The molecule has 1 rings (SSSR count). The van der Waals surface area contributed by atoms with Gasteiger partial charge in [0.15, 0.2) is 0 Å². The summed E-state index contributed by atoms with van der Waals surface area (Å²) in [6.45, 7) is 5.80. The Hall–Kier alpha value is -2.02. The van der Waals surface area contributed by atoms with Crippen LogP contribution in [0.4, 0.5) is 0 Å². The molecule has 0 spiro atoms. The fourth-order valence-corrected chi connectivity index (χ4v) is 1.40. The molecule has 0 aromatic heterocycles. The molecule has 0 saturated carbocycles. The minimum absolute atomic E-state index is 0.198. The lowest BCUT2D eigenvalue weighted by Gasteiger charge is -2.16. The summed E-state index contributed by atoms with van der Waals surface area (Å²) >= 11 is 0. The van der Waals surface area contributed by atoms with Crippen molar-refractivity contribution in [1.29, 1.82) is 5.26 Å². The van der Waals surface area contributed by atoms with Crippen molar-refractivity contribution in [3.8, 4) is 11.8 Å². The number of hydrogen-bond donors (Lipinski definition) is 1. The molecule has 0 atom stereocenters. The summed E-state index contributed by atoms with van der Waals surface area (Å²) in [6, 6.07) is 7.42. The van der Waals surface area contributed by atoms with Gasteiger partial charge in [0.1, 0.15) is 5.75 Å². The zero-order valence-electron chi connectivity index (χ0n) is 11.2. The van der Waals surface area contributed by atoms with Crippen LogP contribution in [0.3, 0.4) is 0 Å². The standard InChI is InChI=1S/C14H18N2O2/c1-10-5-6-11(7-12(10)18-4)13(17)16-9-14(2,3)8-15/h5-7H,9H2,1-4H3,(H,16,17). The molecule has 1 N–H and O–H groups in total. The number of amides is 1. The fraction of sp³-hybridized carbons (Fsp3) is 0.429. The average molecular weight is 246 g/mol. The Balaban J connectivity index is 2.77. The second-order valence-corrected chi connectivity index (χ2v) is 4.86. The highest BCUT2D eigenvalue weighted by atomic mass is 16.5. The van der Waals surface area contributed by atoms with E-state index in [1.807, 2.05) is 13.0 Å². The number of nitrogens with one attached hydrogen (secondary N) is 1. The number of aryl methyl sites for hydroxylation is 1. The van der Waals surface area contributed by atoms with Crippen LogP contribution in [-0.2, 0) is 0 Å². The lowest BCUT2D eigenvalue weighted by Crippen LogP contribution is -2.33. The largest absolute Gasteiger partial charge is 0.496 e. The second-order valence-electron chi connectivity index (χ2n) is 4.86. The number of nitriles is 1. The van der Waals surface area contributed by atoms with Gasteiger partial charge in [0.05, 0.1) is 18.6 Å². The topological polar surface area (TPSA) is 62.1 Å². The van der Waals surface area contributed by atoms with Crippen molar-refractivity contribution in [2.75, 3.05) is 13.7 Å². The SMILES string of the molecule is COc1cc(C(=O)NCC(C)(C)C#N)ccc1C. The molecule has 4 heteroatoms. The van der Waals surface area contributed by atoms with E-state index >= 15 is 0 Å². The first-order chi connectivity index (χ1) is 8.39. The minimum Gasteiger partial charge on any atom is -0.496 e. The van der Waals surface area contributed by atoms with Crippen LogP contribution in [0, 0.1) is 23.7 Å². The van der Waals surface area contributed by atoms with E-state index < -0.39 is 5.41 Å². The van der Waals surface area contributed by atoms with Crippen LogP contribution in [0.1, 0.15) is 29.8 Å². The highest BCUT2D eigenvalue weighted by Crippen LogP contribution is 2.19. The predicted octanol–water partition coefficient (Wildman–Crippen LogP) is 2.28. The molecule has 1 amide bonds. The van der Waals surface area contributed by atoms with Gasteiger partial charge < -0.3 is 10.1 Å². The van der Waals surface area contributed by atoms with Crippen LogP contribution in [0.2, 0.25) is 0 Å². The number of ether oxygens (including phenoxy) is 1. The van der Waals surface area contributed by atoms with Crippen LogP contribution in [-0.4, -0.2) is 19.6 Å². The molecule has 0 saturated heterocycles. The van der Waals surface area contributed by atoms with Crippen molar-refractivity contribution >= 4 is 5.91 Å². The van der Waals surface area contributed by atoms with Gasteiger partial charge >= 0.3 is 0 Å². The van der Waals surface area contributed by atoms with Gasteiger partial charge in [-0.3, -0.25) is 4.79 Å². The summed E-state index contributed by atoms with van der Waals surface area (Å²) < 4.78 is 5.17. The van der Waals surface area contributed by atoms with Crippen molar-refractivity contribution in [3.63, 3.8) is 0 Å². The van der Waals surface area contributed by atoms with Gasteiger partial charge in [-0.1, -0.05) is 6.07 Å². The molecule has 0 unspecified atom stereocenters. The summed E-state index contributed by atoms with van der Waals surface area (Å²) in [5.74, 6) is 0.485. The van der Waals surface area contributed by atoms with Gasteiger partial charge in [0.2, 0.25) is 0 Å². The van der Waals surface area contributed by atoms with Crippen LogP contribution in [0.5, 0.6) is 5.75 Å². The number of nitrogens with zero attached hydrogens (tertiary/aromatic N) is 1. The molecule has 4 nitrogen and oxygen atoms in total. The average Bonchev–Trinajstić information content (AvgIpc) is 2.36. The van der Waals surface area contributed by atoms with Gasteiger partial charge in [-0.15, -0.1) is 0 Å². The highest BCUT2D eigenvalue weighted by molar-refractivity contribution is 5.94. The Morgan fingerprint density at radius 1 is 1.50 bits per heavy atom. The molecule has 18 heavy (non-hydrogen) atoms. The van der Waals surface area contributed by atoms with Crippen molar-refractivity contribution in [2.45, 2.75) is 20.8 Å². The van der Waals surface area contributed by atoms with Crippen LogP contribution in [0.25, 0.3) is 0 Å². The van der Waals surface area contributed by atoms with Gasteiger partial charge in [0, 0.05) is 12.1 Å². The van der Waals surface area contributed by atoms with E-state index in [9.17, 15) is 4.79 Å². The Bertz CT molecular complexity index is 487. The Morgan fingerprint density at radius 2 is 2.17 bits per heavy atom. The molecular formula is C14H18N2O2. The molecule has 0 bridgehead atoms. The summed E-state index contributed by atoms with van der Waals surface area (Å²) in [6.07, 6.45) is 0. The van der Waals surface area contributed by atoms with Crippen LogP contribution >= 0.6 is 0 Å². The lowest BCUT2D eigenvalue weighted by molar-refractivity contribution is 0.0943. The molecule has 0 radical (unpaired) electrons. The van der Waals surface area contributed by atoms with Crippen LogP contribution < -0.4 is 10.1 Å². The van der Waals surface area contributed by atoms with Gasteiger partial charge in [-0.2, -0.15) is 5.26 Å². The number of methoxy groups -OCH3 is 1. The first-order valence-corrected chi connectivity index (χ1v) is 5.74. The Kier molecular flexibility index (Phi) is 4.33. The molecule has 0 aliphatic heterocycles. The fourth-order valence-electron chi connectivity index (χ4n) is 1.40. The molecule has 0 aliphatic rings. The maximum absolute atomic E-state index is 11.9. The summed E-state index contributed by atoms with van der Waals surface area (Å²) in [5, 5.41) is 11.6. The van der Waals surface area contributed by atoms with E-state index in [1.165, 1.54) is 0 Å². The predicted molar refractivity (Wildman–Crippen MR) is 69.5 cm³/mol. The molecule has 0 heterocycles. The zero-order chi connectivity index (χ0) is 13.8. The van der Waals surface area contributed by atoms with Crippen molar-refractivity contribution in [3.05, 3.63) is 29.3 Å². The number of rotatable bonds is 4. The molecule has 0 aliphatic carbocycles. The van der Waals surface area contributed by atoms with E-state index in [0.717, 1.165) is 5.56 Å². The number of carbonyl (C=O) groups is 1. The molecule has 96 valence electrons. The van der Waals surface area contributed by atoms with Gasteiger partial charge in [0.25, 0.3) is 5.91 Å². The number of carbonyl (C=O) groups excluding carboxylic acids is 1. The van der Waals surface area contributed by atoms with E-state index in [1.54, 1.807) is 33.1 Å². The van der Waals surface area contributed by atoms with Gasteiger partial charge in [-0.25, -0.2) is 0 Å². The highest BCUT2D eigenvalue weighted by Gasteiger charge is 2.18. The third kappa shape index (κ3) is 3.49. The molecular weight excluding hydrogens is 228 g/mol. The first kappa shape index (κ1) is 14.0. The maximum Gasteiger partial charge on any atom is 0.251 e. The second kappa shape index (κ2) is 5.54. The minimum atomic E-state index is -0.565. The maximum atomic E-state index is 11.9. The lowest BCUT2D eigenvalue weighted by atomic mass is 9.96. The van der Waals surface area contributed by atoms with E-state index in [-0.39, 0.29) is 5.91 Å². The van der Waals surface area contributed by atoms with Crippen molar-refractivity contribution < 1.29 is 9.53 Å². The van der Waals surface area contributed by atoms with Crippen molar-refractivity contribution in [2.24, 2.45) is 5.41 Å². The number of benzene rings is 1. The first-order valence-electron chi connectivity index (χ1n) is 5.74. The van der Waals surface area contributed by atoms with E-state index in [4.69, 9.17) is 10.00 Å². The quantitative estimate of drug-likeness (QED) is 0.886. The van der Waals surface area contributed by atoms with Crippen LogP contribution in [0.15, 0.2) is 18.2 Å². The van der Waals surface area contributed by atoms with Crippen molar-refractivity contribution in [1.82, 2.24) is 5.32 Å². The van der Waals surface area contributed by atoms with E-state index in [2.05, 4.69) is 11.4 Å². The molecule has 1 aromatic rings. The Labute approximate surface area is 108 Å². The molecule has 0 fully saturated rings. The zero-order valence-corrected chi connectivity index (χ0v) is 11.2. The monoisotopic (exact) mass is 246 g/mol. The molecule has 1 aromatic carbocycles. The summed E-state index contributed by atoms with van der Waals surface area (Å²) in [4.78, 5) is 11.9. The van der Waals surface area contributed by atoms with E-state index in [0.29, 0.717) is 17.9 Å². The number of hydrogen-bond acceptors (Lipinski definition) is 3. The smallest absolute Gasteiger partial charge is 0.251 e. The Morgan fingerprint density at radius 3 is 2.72 bits per heavy atom. The third-order valence-electron chi connectivity index (χ3n) is 2.66. The third-order valence-corrected chi connectivity index (χ3v) is 2.66. The summed E-state index contributed by atoms with van der Waals surface area (Å²) in [7, 11) is 1.57. The van der Waals surface area contributed by atoms with Gasteiger partial charge in [-0.05, 0) is 38.5 Å². The summed E-state index contributed by atoms with van der Waals surface area (Å²) in [5.41, 5.74) is 0.947.